The van der Waals surface area contributed by atoms with E-state index in [2.05, 4.69) is 42.2 Å². The fourth-order valence-electron chi connectivity index (χ4n) is 2.59. The van der Waals surface area contributed by atoms with E-state index in [1.165, 1.54) is 44.5 Å². The summed E-state index contributed by atoms with van der Waals surface area (Å²) in [6.07, 6.45) is 5.02. The first-order chi connectivity index (χ1) is 7.88. The molecule has 0 unspecified atom stereocenters. The fraction of sp³-hybridized carbons (Fsp3) is 0.533. The van der Waals surface area contributed by atoms with Crippen molar-refractivity contribution in [3.05, 3.63) is 42.8 Å². The highest BCUT2D eigenvalue weighted by Gasteiger charge is 2.18. The van der Waals surface area contributed by atoms with Crippen LogP contribution in [0.5, 0.6) is 0 Å². The Bertz CT molecular complexity index is 286. The number of rotatable bonds is 4. The minimum Gasteiger partial charge on any atom is -0.303 e. The Morgan fingerprint density at radius 1 is 1.12 bits per heavy atom. The molecule has 1 radical (unpaired) electrons. The Hall–Kier alpha value is -0.820. The van der Waals surface area contributed by atoms with Gasteiger partial charge in [0.1, 0.15) is 0 Å². The summed E-state index contributed by atoms with van der Waals surface area (Å²) in [4.78, 5) is 2.55. The first-order valence-corrected chi connectivity index (χ1v) is 6.44. The van der Waals surface area contributed by atoms with Crippen LogP contribution in [0.1, 0.15) is 24.8 Å². The number of piperidine rings is 1. The molecule has 0 aliphatic carbocycles. The molecule has 0 aromatic heterocycles. The van der Waals surface area contributed by atoms with Crippen LogP contribution in [0.3, 0.4) is 0 Å². The summed E-state index contributed by atoms with van der Waals surface area (Å²) >= 11 is 0. The normalized spacial score (nSPS) is 18.8. The molecule has 16 heavy (non-hydrogen) atoms. The topological polar surface area (TPSA) is 3.24 Å². The molecule has 0 amide bonds. The van der Waals surface area contributed by atoms with Gasteiger partial charge in [0.25, 0.3) is 0 Å². The molecule has 0 bridgehead atoms. The summed E-state index contributed by atoms with van der Waals surface area (Å²) in [5.41, 5.74) is 1.50. The monoisotopic (exact) mass is 216 g/mol. The van der Waals surface area contributed by atoms with E-state index in [4.69, 9.17) is 0 Å². The standard InChI is InChI=1S/C15H22N/c1-2-10-16-11-8-15(9-12-16)13-14-6-4-3-5-7-14/h3-7,15H,1-2,8-13H2. The molecular formula is C15H22N. The van der Waals surface area contributed by atoms with Crippen molar-refractivity contribution in [1.29, 1.82) is 0 Å². The summed E-state index contributed by atoms with van der Waals surface area (Å²) in [5.74, 6) is 0.892. The van der Waals surface area contributed by atoms with E-state index in [0.717, 1.165) is 12.3 Å². The van der Waals surface area contributed by atoms with Gasteiger partial charge in [0.05, 0.1) is 0 Å². The Labute approximate surface area is 99.5 Å². The van der Waals surface area contributed by atoms with Crippen molar-refractivity contribution in [1.82, 2.24) is 4.90 Å². The molecule has 2 rings (SSSR count). The van der Waals surface area contributed by atoms with Gasteiger partial charge >= 0.3 is 0 Å². The zero-order valence-corrected chi connectivity index (χ0v) is 10.1. The van der Waals surface area contributed by atoms with Crippen LogP contribution in [0.2, 0.25) is 0 Å². The minimum atomic E-state index is 0.892. The highest BCUT2D eigenvalue weighted by Crippen LogP contribution is 2.21. The molecule has 1 saturated heterocycles. The average molecular weight is 216 g/mol. The van der Waals surface area contributed by atoms with Gasteiger partial charge in [-0.25, -0.2) is 0 Å². The van der Waals surface area contributed by atoms with Gasteiger partial charge in [-0.1, -0.05) is 37.3 Å². The van der Waals surface area contributed by atoms with Crippen molar-refractivity contribution in [2.75, 3.05) is 19.6 Å². The average Bonchev–Trinajstić information content (AvgIpc) is 2.33. The van der Waals surface area contributed by atoms with E-state index in [1.807, 2.05) is 0 Å². The quantitative estimate of drug-likeness (QED) is 0.747. The largest absolute Gasteiger partial charge is 0.303 e. The molecule has 1 aliphatic heterocycles. The minimum absolute atomic E-state index is 0.892. The molecule has 0 spiro atoms. The summed E-state index contributed by atoms with van der Waals surface area (Å²) in [5, 5.41) is 0. The van der Waals surface area contributed by atoms with Gasteiger partial charge in [0.15, 0.2) is 0 Å². The van der Waals surface area contributed by atoms with E-state index in [1.54, 1.807) is 0 Å². The second kappa shape index (κ2) is 6.05. The van der Waals surface area contributed by atoms with E-state index in [0.29, 0.717) is 0 Å². The predicted molar refractivity (Wildman–Crippen MR) is 69.3 cm³/mol. The first-order valence-electron chi connectivity index (χ1n) is 6.44. The molecule has 0 atom stereocenters. The SMILES string of the molecule is [CH2]CCN1CCC(Cc2ccccc2)CC1. The number of likely N-dealkylation sites (tertiary alicyclic amines) is 1. The number of nitrogens with zero attached hydrogens (tertiary/aromatic N) is 1. The molecule has 1 aliphatic rings. The zero-order valence-electron chi connectivity index (χ0n) is 10.1. The molecule has 1 fully saturated rings. The van der Waals surface area contributed by atoms with Gasteiger partial charge in [-0.3, -0.25) is 0 Å². The third-order valence-electron chi connectivity index (χ3n) is 3.55. The number of hydrogen-bond acceptors (Lipinski definition) is 1. The highest BCUT2D eigenvalue weighted by molar-refractivity contribution is 5.15. The van der Waals surface area contributed by atoms with Crippen molar-refractivity contribution in [3.8, 4) is 0 Å². The van der Waals surface area contributed by atoms with E-state index >= 15 is 0 Å². The Balaban J connectivity index is 1.77. The van der Waals surface area contributed by atoms with Crippen LogP contribution in [0, 0.1) is 12.8 Å². The van der Waals surface area contributed by atoms with Crippen LogP contribution in [0.15, 0.2) is 30.3 Å². The summed E-state index contributed by atoms with van der Waals surface area (Å²) in [7, 11) is 0. The number of benzene rings is 1. The molecule has 0 saturated carbocycles. The van der Waals surface area contributed by atoms with Gasteiger partial charge in [0, 0.05) is 0 Å². The molecule has 1 aromatic rings. The molecular weight excluding hydrogens is 194 g/mol. The Morgan fingerprint density at radius 2 is 1.81 bits per heavy atom. The van der Waals surface area contributed by atoms with E-state index < -0.39 is 0 Å². The fourth-order valence-corrected chi connectivity index (χ4v) is 2.59. The van der Waals surface area contributed by atoms with Crippen LogP contribution in [0.4, 0.5) is 0 Å². The second-order valence-electron chi connectivity index (χ2n) is 4.83. The maximum atomic E-state index is 3.92. The molecule has 1 nitrogen and oxygen atoms in total. The van der Waals surface area contributed by atoms with Crippen molar-refractivity contribution in [2.45, 2.75) is 25.7 Å². The third-order valence-corrected chi connectivity index (χ3v) is 3.55. The highest BCUT2D eigenvalue weighted by atomic mass is 15.1. The summed E-state index contributed by atoms with van der Waals surface area (Å²) < 4.78 is 0. The van der Waals surface area contributed by atoms with Gasteiger partial charge in [-0.2, -0.15) is 0 Å². The third kappa shape index (κ3) is 3.34. The summed E-state index contributed by atoms with van der Waals surface area (Å²) in [6, 6.07) is 10.9. The Morgan fingerprint density at radius 3 is 2.44 bits per heavy atom. The molecule has 1 heteroatoms. The van der Waals surface area contributed by atoms with Crippen molar-refractivity contribution in [3.63, 3.8) is 0 Å². The van der Waals surface area contributed by atoms with Crippen molar-refractivity contribution >= 4 is 0 Å². The molecule has 1 heterocycles. The molecule has 87 valence electrons. The maximum Gasteiger partial charge on any atom is -0.00160 e. The molecule has 1 aromatic carbocycles. The van der Waals surface area contributed by atoms with Crippen LogP contribution in [0.25, 0.3) is 0 Å². The smallest absolute Gasteiger partial charge is 0.00160 e. The van der Waals surface area contributed by atoms with E-state index in [9.17, 15) is 0 Å². The second-order valence-corrected chi connectivity index (χ2v) is 4.83. The zero-order chi connectivity index (χ0) is 11.2. The predicted octanol–water partition coefficient (Wildman–Crippen LogP) is 3.17. The van der Waals surface area contributed by atoms with Gasteiger partial charge in [-0.15, -0.1) is 0 Å². The lowest BCUT2D eigenvalue weighted by Crippen LogP contribution is -2.34. The lowest BCUT2D eigenvalue weighted by molar-refractivity contribution is 0.186. The maximum absolute atomic E-state index is 3.92. The van der Waals surface area contributed by atoms with Crippen LogP contribution < -0.4 is 0 Å². The van der Waals surface area contributed by atoms with E-state index in [-0.39, 0.29) is 0 Å². The lowest BCUT2D eigenvalue weighted by atomic mass is 9.90. The first kappa shape index (κ1) is 11.7. The van der Waals surface area contributed by atoms with Gasteiger partial charge in [-0.05, 0) is 56.8 Å². The van der Waals surface area contributed by atoms with Crippen LogP contribution in [-0.4, -0.2) is 24.5 Å². The Kier molecular flexibility index (Phi) is 4.41. The molecule has 0 N–H and O–H groups in total. The lowest BCUT2D eigenvalue weighted by Gasteiger charge is -2.31. The van der Waals surface area contributed by atoms with Crippen LogP contribution >= 0.6 is 0 Å². The van der Waals surface area contributed by atoms with Gasteiger partial charge in [0.2, 0.25) is 0 Å². The van der Waals surface area contributed by atoms with Crippen molar-refractivity contribution in [2.24, 2.45) is 5.92 Å². The number of hydrogen-bond donors (Lipinski definition) is 0. The van der Waals surface area contributed by atoms with Gasteiger partial charge < -0.3 is 4.90 Å². The van der Waals surface area contributed by atoms with Crippen LogP contribution in [-0.2, 0) is 6.42 Å². The van der Waals surface area contributed by atoms with Crippen molar-refractivity contribution < 1.29 is 0 Å². The summed E-state index contributed by atoms with van der Waals surface area (Å²) in [6.45, 7) is 7.65.